The lowest BCUT2D eigenvalue weighted by Crippen LogP contribution is -2.06. The van der Waals surface area contributed by atoms with E-state index in [0.29, 0.717) is 12.2 Å². The van der Waals surface area contributed by atoms with Crippen LogP contribution in [-0.4, -0.2) is 11.5 Å². The van der Waals surface area contributed by atoms with Gasteiger partial charge in [0.1, 0.15) is 5.78 Å². The van der Waals surface area contributed by atoms with E-state index in [0.717, 1.165) is 14.9 Å². The third-order valence-electron chi connectivity index (χ3n) is 3.20. The molecule has 0 bridgehead atoms. The molecule has 2 aromatic carbocycles. The van der Waals surface area contributed by atoms with Gasteiger partial charge < -0.3 is 0 Å². The fourth-order valence-electron chi connectivity index (χ4n) is 1.91. The summed E-state index contributed by atoms with van der Waals surface area (Å²) in [7, 11) is 0. The first-order chi connectivity index (χ1) is 9.56. The Balaban J connectivity index is 1.93. The van der Waals surface area contributed by atoms with Gasteiger partial charge in [0.2, 0.25) is 0 Å². The molecule has 0 amide bonds. The SMILES string of the molecule is Cc1ccc(CC(=O)CSc2ccccc2Br)cc1C. The summed E-state index contributed by atoms with van der Waals surface area (Å²) >= 11 is 5.08. The Labute approximate surface area is 132 Å². The van der Waals surface area contributed by atoms with E-state index < -0.39 is 0 Å². The number of rotatable bonds is 5. The quantitative estimate of drug-likeness (QED) is 0.709. The first-order valence-electron chi connectivity index (χ1n) is 6.51. The number of Topliss-reactive ketones (excluding diaryl/α,β-unsaturated/α-hetero) is 1. The Morgan fingerprint density at radius 3 is 2.55 bits per heavy atom. The van der Waals surface area contributed by atoms with E-state index in [-0.39, 0.29) is 5.78 Å². The lowest BCUT2D eigenvalue weighted by atomic mass is 10.0. The van der Waals surface area contributed by atoms with Gasteiger partial charge in [0.05, 0.1) is 5.75 Å². The van der Waals surface area contributed by atoms with Crippen molar-refractivity contribution in [3.8, 4) is 0 Å². The van der Waals surface area contributed by atoms with E-state index in [4.69, 9.17) is 0 Å². The van der Waals surface area contributed by atoms with Gasteiger partial charge in [0.25, 0.3) is 0 Å². The summed E-state index contributed by atoms with van der Waals surface area (Å²) in [6.45, 7) is 4.17. The van der Waals surface area contributed by atoms with Gasteiger partial charge in [-0.1, -0.05) is 30.3 Å². The zero-order valence-corrected chi connectivity index (χ0v) is 14.1. The van der Waals surface area contributed by atoms with Gasteiger partial charge in [-0.25, -0.2) is 0 Å². The zero-order chi connectivity index (χ0) is 14.5. The molecule has 0 heterocycles. The molecular formula is C17H17BrOS. The topological polar surface area (TPSA) is 17.1 Å². The summed E-state index contributed by atoms with van der Waals surface area (Å²) in [6.07, 6.45) is 0.512. The molecule has 2 aromatic rings. The van der Waals surface area contributed by atoms with Crippen molar-refractivity contribution in [2.45, 2.75) is 25.2 Å². The number of aryl methyl sites for hydroxylation is 2. The number of ketones is 1. The van der Waals surface area contributed by atoms with Crippen LogP contribution in [0.1, 0.15) is 16.7 Å². The molecule has 0 fully saturated rings. The lowest BCUT2D eigenvalue weighted by Gasteiger charge is -2.06. The summed E-state index contributed by atoms with van der Waals surface area (Å²) in [4.78, 5) is 13.2. The van der Waals surface area contributed by atoms with Crippen LogP contribution in [0.2, 0.25) is 0 Å². The highest BCUT2D eigenvalue weighted by molar-refractivity contribution is 9.10. The minimum Gasteiger partial charge on any atom is -0.298 e. The van der Waals surface area contributed by atoms with Crippen molar-refractivity contribution in [2.24, 2.45) is 0 Å². The fraction of sp³-hybridized carbons (Fsp3) is 0.235. The second-order valence-electron chi connectivity index (χ2n) is 4.85. The van der Waals surface area contributed by atoms with Gasteiger partial charge in [-0.05, 0) is 58.6 Å². The van der Waals surface area contributed by atoms with E-state index in [1.54, 1.807) is 11.8 Å². The van der Waals surface area contributed by atoms with Crippen LogP contribution in [0.5, 0.6) is 0 Å². The molecule has 0 saturated carbocycles. The molecule has 0 N–H and O–H groups in total. The minimum absolute atomic E-state index is 0.258. The average Bonchev–Trinajstić information content (AvgIpc) is 2.42. The lowest BCUT2D eigenvalue weighted by molar-refractivity contribution is -0.116. The largest absolute Gasteiger partial charge is 0.298 e. The summed E-state index contributed by atoms with van der Waals surface area (Å²) in [5.41, 5.74) is 3.61. The number of carbonyl (C=O) groups excluding carboxylic acids is 1. The van der Waals surface area contributed by atoms with E-state index in [9.17, 15) is 4.79 Å². The molecule has 0 spiro atoms. The molecule has 0 saturated heterocycles. The first kappa shape index (κ1) is 15.3. The van der Waals surface area contributed by atoms with E-state index >= 15 is 0 Å². The molecular weight excluding hydrogens is 332 g/mol. The Morgan fingerprint density at radius 1 is 1.10 bits per heavy atom. The predicted molar refractivity (Wildman–Crippen MR) is 89.5 cm³/mol. The van der Waals surface area contributed by atoms with Crippen LogP contribution in [-0.2, 0) is 11.2 Å². The van der Waals surface area contributed by atoms with Crippen LogP contribution in [0, 0.1) is 13.8 Å². The van der Waals surface area contributed by atoms with Gasteiger partial charge in [-0.2, -0.15) is 0 Å². The Morgan fingerprint density at radius 2 is 1.85 bits per heavy atom. The highest BCUT2D eigenvalue weighted by atomic mass is 79.9. The van der Waals surface area contributed by atoms with Crippen LogP contribution in [0.3, 0.4) is 0 Å². The fourth-order valence-corrected chi connectivity index (χ4v) is 3.34. The molecule has 20 heavy (non-hydrogen) atoms. The molecule has 0 aliphatic carbocycles. The maximum atomic E-state index is 12.1. The van der Waals surface area contributed by atoms with Gasteiger partial charge in [0, 0.05) is 15.8 Å². The number of carbonyl (C=O) groups is 1. The second kappa shape index (κ2) is 7.09. The summed E-state index contributed by atoms with van der Waals surface area (Å²) in [5, 5.41) is 0. The number of thioether (sulfide) groups is 1. The first-order valence-corrected chi connectivity index (χ1v) is 8.29. The van der Waals surface area contributed by atoms with Crippen molar-refractivity contribution in [1.82, 2.24) is 0 Å². The van der Waals surface area contributed by atoms with E-state index in [1.165, 1.54) is 11.1 Å². The van der Waals surface area contributed by atoms with Gasteiger partial charge in [-0.15, -0.1) is 11.8 Å². The Bertz CT molecular complexity index is 622. The van der Waals surface area contributed by atoms with Crippen molar-refractivity contribution in [1.29, 1.82) is 0 Å². The maximum Gasteiger partial charge on any atom is 0.147 e. The molecule has 0 unspecified atom stereocenters. The Hall–Kier alpha value is -1.06. The molecule has 1 nitrogen and oxygen atoms in total. The van der Waals surface area contributed by atoms with E-state index in [1.807, 2.05) is 30.3 Å². The summed E-state index contributed by atoms with van der Waals surface area (Å²) in [5.74, 6) is 0.768. The van der Waals surface area contributed by atoms with Gasteiger partial charge in [-0.3, -0.25) is 4.79 Å². The monoisotopic (exact) mass is 348 g/mol. The molecule has 2 rings (SSSR count). The molecule has 0 aliphatic rings. The third kappa shape index (κ3) is 4.22. The molecule has 0 aromatic heterocycles. The number of hydrogen-bond donors (Lipinski definition) is 0. The molecule has 104 valence electrons. The normalized spacial score (nSPS) is 10.6. The maximum absolute atomic E-state index is 12.1. The summed E-state index contributed by atoms with van der Waals surface area (Å²) < 4.78 is 1.05. The molecule has 0 radical (unpaired) electrons. The van der Waals surface area contributed by atoms with Crippen molar-refractivity contribution >= 4 is 33.5 Å². The highest BCUT2D eigenvalue weighted by Gasteiger charge is 2.07. The van der Waals surface area contributed by atoms with Crippen LogP contribution in [0.4, 0.5) is 0 Å². The van der Waals surface area contributed by atoms with Crippen LogP contribution in [0.25, 0.3) is 0 Å². The third-order valence-corrected chi connectivity index (χ3v) is 5.29. The standard InChI is InChI=1S/C17H17BrOS/c1-12-7-8-14(9-13(12)2)10-15(19)11-20-17-6-4-3-5-16(17)18/h3-9H,10-11H2,1-2H3. The highest BCUT2D eigenvalue weighted by Crippen LogP contribution is 2.27. The van der Waals surface area contributed by atoms with Crippen LogP contribution >= 0.6 is 27.7 Å². The minimum atomic E-state index is 0.258. The van der Waals surface area contributed by atoms with Crippen molar-refractivity contribution < 1.29 is 4.79 Å². The Kier molecular flexibility index (Phi) is 5.44. The second-order valence-corrected chi connectivity index (χ2v) is 6.72. The van der Waals surface area contributed by atoms with Crippen LogP contribution < -0.4 is 0 Å². The van der Waals surface area contributed by atoms with E-state index in [2.05, 4.69) is 41.9 Å². The number of benzene rings is 2. The molecule has 0 aliphatic heterocycles. The van der Waals surface area contributed by atoms with Crippen molar-refractivity contribution in [3.63, 3.8) is 0 Å². The summed E-state index contributed by atoms with van der Waals surface area (Å²) in [6, 6.07) is 14.2. The zero-order valence-electron chi connectivity index (χ0n) is 11.7. The van der Waals surface area contributed by atoms with Gasteiger partial charge >= 0.3 is 0 Å². The average molecular weight is 349 g/mol. The predicted octanol–water partition coefficient (Wildman–Crippen LogP) is 4.97. The van der Waals surface area contributed by atoms with Gasteiger partial charge in [0.15, 0.2) is 0 Å². The smallest absolute Gasteiger partial charge is 0.147 e. The van der Waals surface area contributed by atoms with Crippen molar-refractivity contribution in [2.75, 3.05) is 5.75 Å². The number of hydrogen-bond acceptors (Lipinski definition) is 2. The molecule has 3 heteroatoms. The number of halogens is 1. The van der Waals surface area contributed by atoms with Crippen molar-refractivity contribution in [3.05, 3.63) is 63.6 Å². The van der Waals surface area contributed by atoms with Crippen LogP contribution in [0.15, 0.2) is 51.8 Å². The molecule has 0 atom stereocenters.